The maximum atomic E-state index is 8.70. The lowest BCUT2D eigenvalue weighted by molar-refractivity contribution is 0.0178. The topological polar surface area (TPSA) is 103 Å². The SMILES string of the molecule is COC1CCCC(Oc2nc(C)cc(/C(N)=N/O)n2)C1. The lowest BCUT2D eigenvalue weighted by Gasteiger charge is -2.27. The molecule has 3 N–H and O–H groups in total. The Balaban J connectivity index is 2.11. The summed E-state index contributed by atoms with van der Waals surface area (Å²) in [5, 5.41) is 11.6. The molecule has 0 spiro atoms. The number of aryl methyl sites for hydroxylation is 1. The molecule has 110 valence electrons. The van der Waals surface area contributed by atoms with Crippen LogP contribution in [0.15, 0.2) is 11.2 Å². The minimum absolute atomic E-state index is 0.0376. The van der Waals surface area contributed by atoms with Gasteiger partial charge in [0.1, 0.15) is 11.8 Å². The van der Waals surface area contributed by atoms with Gasteiger partial charge in [-0.3, -0.25) is 0 Å². The molecule has 1 fully saturated rings. The summed E-state index contributed by atoms with van der Waals surface area (Å²) in [7, 11) is 1.72. The van der Waals surface area contributed by atoms with Crippen LogP contribution in [0.25, 0.3) is 0 Å². The molecule has 0 aromatic carbocycles. The zero-order chi connectivity index (χ0) is 14.5. The lowest BCUT2D eigenvalue weighted by Crippen LogP contribution is -2.30. The maximum Gasteiger partial charge on any atom is 0.317 e. The molecule has 7 heteroatoms. The van der Waals surface area contributed by atoms with E-state index in [1.54, 1.807) is 13.2 Å². The molecule has 1 aromatic heterocycles. The molecular weight excluding hydrogens is 260 g/mol. The Hall–Kier alpha value is -1.89. The molecule has 2 unspecified atom stereocenters. The molecule has 1 heterocycles. The zero-order valence-electron chi connectivity index (χ0n) is 11.7. The van der Waals surface area contributed by atoms with Crippen LogP contribution in [0.2, 0.25) is 0 Å². The standard InChI is InChI=1S/C13H20N4O3/c1-8-6-11(12(14)17-18)16-13(15-8)20-10-5-3-4-9(7-10)19-2/h6,9-10,18H,3-5,7H2,1-2H3,(H2,14,17). The van der Waals surface area contributed by atoms with Crippen molar-refractivity contribution in [3.8, 4) is 6.01 Å². The predicted molar refractivity (Wildman–Crippen MR) is 73.0 cm³/mol. The van der Waals surface area contributed by atoms with E-state index in [0.717, 1.165) is 25.7 Å². The van der Waals surface area contributed by atoms with Crippen molar-refractivity contribution in [2.75, 3.05) is 7.11 Å². The van der Waals surface area contributed by atoms with E-state index in [-0.39, 0.29) is 24.1 Å². The van der Waals surface area contributed by atoms with Crippen molar-refractivity contribution in [2.45, 2.75) is 44.8 Å². The third kappa shape index (κ3) is 3.57. The first-order valence-corrected chi connectivity index (χ1v) is 6.65. The summed E-state index contributed by atoms with van der Waals surface area (Å²) >= 11 is 0. The molecule has 1 aliphatic carbocycles. The molecule has 2 rings (SSSR count). The van der Waals surface area contributed by atoms with Gasteiger partial charge < -0.3 is 20.4 Å². The number of aromatic nitrogens is 2. The fourth-order valence-corrected chi connectivity index (χ4v) is 2.35. The molecule has 0 saturated heterocycles. The van der Waals surface area contributed by atoms with Gasteiger partial charge in [-0.05, 0) is 32.3 Å². The van der Waals surface area contributed by atoms with Crippen molar-refractivity contribution in [2.24, 2.45) is 10.9 Å². The summed E-state index contributed by atoms with van der Waals surface area (Å²) in [6.45, 7) is 1.81. The molecule has 1 aromatic rings. The highest BCUT2D eigenvalue weighted by Crippen LogP contribution is 2.24. The number of hydrogen-bond donors (Lipinski definition) is 2. The van der Waals surface area contributed by atoms with Crippen LogP contribution in [-0.2, 0) is 4.74 Å². The van der Waals surface area contributed by atoms with Gasteiger partial charge in [-0.1, -0.05) is 5.16 Å². The fourth-order valence-electron chi connectivity index (χ4n) is 2.35. The van der Waals surface area contributed by atoms with Crippen LogP contribution in [-0.4, -0.2) is 40.3 Å². The van der Waals surface area contributed by atoms with Crippen LogP contribution in [0.1, 0.15) is 37.1 Å². The minimum Gasteiger partial charge on any atom is -0.460 e. The fraction of sp³-hybridized carbons (Fsp3) is 0.615. The number of rotatable bonds is 4. The van der Waals surface area contributed by atoms with E-state index in [2.05, 4.69) is 15.1 Å². The van der Waals surface area contributed by atoms with Gasteiger partial charge in [0.05, 0.1) is 6.10 Å². The third-order valence-electron chi connectivity index (χ3n) is 3.39. The van der Waals surface area contributed by atoms with Crippen molar-refractivity contribution in [3.05, 3.63) is 17.5 Å². The van der Waals surface area contributed by atoms with Crippen molar-refractivity contribution in [3.63, 3.8) is 0 Å². The summed E-state index contributed by atoms with van der Waals surface area (Å²) in [6.07, 6.45) is 4.16. The van der Waals surface area contributed by atoms with E-state index in [4.69, 9.17) is 20.4 Å². The average Bonchev–Trinajstić information content (AvgIpc) is 2.46. The molecule has 0 bridgehead atoms. The van der Waals surface area contributed by atoms with Gasteiger partial charge >= 0.3 is 6.01 Å². The number of oxime groups is 1. The largest absolute Gasteiger partial charge is 0.460 e. The van der Waals surface area contributed by atoms with Crippen LogP contribution >= 0.6 is 0 Å². The quantitative estimate of drug-likeness (QED) is 0.372. The molecule has 20 heavy (non-hydrogen) atoms. The molecule has 1 saturated carbocycles. The number of amidine groups is 1. The van der Waals surface area contributed by atoms with Crippen molar-refractivity contribution >= 4 is 5.84 Å². The monoisotopic (exact) mass is 280 g/mol. The Morgan fingerprint density at radius 3 is 2.85 bits per heavy atom. The highest BCUT2D eigenvalue weighted by atomic mass is 16.5. The molecule has 0 amide bonds. The third-order valence-corrected chi connectivity index (χ3v) is 3.39. The lowest BCUT2D eigenvalue weighted by atomic mass is 9.95. The first kappa shape index (κ1) is 14.5. The Labute approximate surface area is 117 Å². The Bertz CT molecular complexity index is 493. The number of nitrogens with two attached hydrogens (primary N) is 1. The average molecular weight is 280 g/mol. The van der Waals surface area contributed by atoms with Gasteiger partial charge in [-0.2, -0.15) is 4.98 Å². The molecule has 7 nitrogen and oxygen atoms in total. The van der Waals surface area contributed by atoms with E-state index in [1.807, 2.05) is 6.92 Å². The second-order valence-corrected chi connectivity index (χ2v) is 4.93. The number of hydrogen-bond acceptors (Lipinski definition) is 6. The van der Waals surface area contributed by atoms with Crippen LogP contribution in [0.3, 0.4) is 0 Å². The van der Waals surface area contributed by atoms with E-state index in [9.17, 15) is 0 Å². The number of methoxy groups -OCH3 is 1. The van der Waals surface area contributed by atoms with Crippen molar-refractivity contribution < 1.29 is 14.7 Å². The summed E-state index contributed by atoms with van der Waals surface area (Å²) in [5.41, 5.74) is 6.60. The second kappa shape index (κ2) is 6.51. The van der Waals surface area contributed by atoms with Gasteiger partial charge in [-0.15, -0.1) is 0 Å². The van der Waals surface area contributed by atoms with Crippen LogP contribution < -0.4 is 10.5 Å². The normalized spacial score (nSPS) is 23.6. The number of ether oxygens (including phenoxy) is 2. The summed E-state index contributed by atoms with van der Waals surface area (Å²) < 4.78 is 11.2. The smallest absolute Gasteiger partial charge is 0.317 e. The van der Waals surface area contributed by atoms with Crippen LogP contribution in [0, 0.1) is 6.92 Å². The van der Waals surface area contributed by atoms with Gasteiger partial charge in [0.25, 0.3) is 0 Å². The Morgan fingerprint density at radius 1 is 1.40 bits per heavy atom. The zero-order valence-corrected chi connectivity index (χ0v) is 11.7. The van der Waals surface area contributed by atoms with Crippen molar-refractivity contribution in [1.29, 1.82) is 0 Å². The molecular formula is C13H20N4O3. The van der Waals surface area contributed by atoms with Crippen LogP contribution in [0.5, 0.6) is 6.01 Å². The van der Waals surface area contributed by atoms with Gasteiger partial charge in [-0.25, -0.2) is 4.98 Å². The number of nitrogens with zero attached hydrogens (tertiary/aromatic N) is 3. The Kier molecular flexibility index (Phi) is 4.73. The van der Waals surface area contributed by atoms with Gasteiger partial charge in [0.15, 0.2) is 5.84 Å². The first-order chi connectivity index (χ1) is 9.62. The molecule has 2 atom stereocenters. The van der Waals surface area contributed by atoms with Crippen molar-refractivity contribution in [1.82, 2.24) is 9.97 Å². The Morgan fingerprint density at radius 2 is 2.15 bits per heavy atom. The molecule has 0 radical (unpaired) electrons. The highest BCUT2D eigenvalue weighted by Gasteiger charge is 2.24. The van der Waals surface area contributed by atoms with Gasteiger partial charge in [0, 0.05) is 19.2 Å². The summed E-state index contributed by atoms with van der Waals surface area (Å²) in [6, 6.07) is 1.90. The van der Waals surface area contributed by atoms with Crippen LogP contribution in [0.4, 0.5) is 0 Å². The van der Waals surface area contributed by atoms with E-state index >= 15 is 0 Å². The van der Waals surface area contributed by atoms with Gasteiger partial charge in [0.2, 0.25) is 0 Å². The molecule has 0 aliphatic heterocycles. The minimum atomic E-state index is -0.0567. The second-order valence-electron chi connectivity index (χ2n) is 4.93. The van der Waals surface area contributed by atoms with E-state index in [0.29, 0.717) is 11.4 Å². The summed E-state index contributed by atoms with van der Waals surface area (Å²) in [4.78, 5) is 8.39. The maximum absolute atomic E-state index is 8.70. The first-order valence-electron chi connectivity index (χ1n) is 6.65. The van der Waals surface area contributed by atoms with E-state index in [1.165, 1.54) is 0 Å². The predicted octanol–water partition coefficient (Wildman–Crippen LogP) is 1.22. The molecule has 1 aliphatic rings. The van der Waals surface area contributed by atoms with E-state index < -0.39 is 0 Å². The summed E-state index contributed by atoms with van der Waals surface area (Å²) in [5.74, 6) is -0.0567. The highest BCUT2D eigenvalue weighted by molar-refractivity contribution is 5.95.